The molecule has 1 aliphatic rings. The number of aromatic carboxylic acids is 1. The summed E-state index contributed by atoms with van der Waals surface area (Å²) in [6.45, 7) is -0.649. The lowest BCUT2D eigenvalue weighted by atomic mass is 9.99. The molecule has 2 aromatic carbocycles. The van der Waals surface area contributed by atoms with Gasteiger partial charge in [0.25, 0.3) is 0 Å². The molecule has 5 N–H and O–H groups in total. The average molecular weight is 418 g/mol. The minimum atomic E-state index is -1.68. The van der Waals surface area contributed by atoms with Crippen LogP contribution in [-0.4, -0.2) is 68.8 Å². The van der Waals surface area contributed by atoms with E-state index >= 15 is 0 Å². The molecule has 1 aliphatic heterocycles. The second kappa shape index (κ2) is 7.67. The van der Waals surface area contributed by atoms with E-state index in [1.165, 1.54) is 18.2 Å². The van der Waals surface area contributed by atoms with Gasteiger partial charge in [0.1, 0.15) is 35.7 Å². The first-order valence-corrected chi connectivity index (χ1v) is 9.02. The van der Waals surface area contributed by atoms with Gasteiger partial charge in [-0.25, -0.2) is 9.59 Å². The Labute approximate surface area is 168 Å². The van der Waals surface area contributed by atoms with Gasteiger partial charge in [-0.05, 0) is 12.1 Å². The number of carboxylic acids is 1. The van der Waals surface area contributed by atoms with Crippen LogP contribution in [0.15, 0.2) is 45.6 Å². The maximum absolute atomic E-state index is 12.3. The number of rotatable bonds is 4. The van der Waals surface area contributed by atoms with Crippen molar-refractivity contribution in [1.29, 1.82) is 0 Å². The van der Waals surface area contributed by atoms with Gasteiger partial charge in [0.05, 0.1) is 17.6 Å². The average Bonchev–Trinajstić information content (AvgIpc) is 2.73. The SMILES string of the molecule is O=C(O)c1cc(O[C@@H]2O[C@H](CO)[C@@H](O)[C@H](O)[C@H]2O)cc2oc(=O)c3ccccc3c12. The third-order valence-corrected chi connectivity index (χ3v) is 5.03. The fraction of sp³-hybridized carbons (Fsp3) is 0.300. The number of aliphatic hydroxyl groups is 4. The van der Waals surface area contributed by atoms with Crippen LogP contribution >= 0.6 is 0 Å². The maximum Gasteiger partial charge on any atom is 0.344 e. The first kappa shape index (κ1) is 20.3. The van der Waals surface area contributed by atoms with E-state index in [9.17, 15) is 35.1 Å². The van der Waals surface area contributed by atoms with Crippen LogP contribution in [0.1, 0.15) is 10.4 Å². The number of aliphatic hydroxyl groups excluding tert-OH is 4. The number of hydrogen-bond donors (Lipinski definition) is 5. The van der Waals surface area contributed by atoms with Gasteiger partial charge in [0.15, 0.2) is 0 Å². The van der Waals surface area contributed by atoms with Crippen molar-refractivity contribution < 1.29 is 44.2 Å². The van der Waals surface area contributed by atoms with Crippen molar-refractivity contribution in [2.75, 3.05) is 6.61 Å². The molecule has 0 saturated carbocycles. The molecule has 0 aliphatic carbocycles. The van der Waals surface area contributed by atoms with E-state index in [1.54, 1.807) is 18.2 Å². The van der Waals surface area contributed by atoms with Crippen molar-refractivity contribution in [2.45, 2.75) is 30.7 Å². The smallest absolute Gasteiger partial charge is 0.344 e. The van der Waals surface area contributed by atoms with E-state index in [1.807, 2.05) is 0 Å². The van der Waals surface area contributed by atoms with Crippen LogP contribution < -0.4 is 10.4 Å². The van der Waals surface area contributed by atoms with Gasteiger partial charge in [0.2, 0.25) is 6.29 Å². The number of hydrogen-bond acceptors (Lipinski definition) is 9. The fourth-order valence-electron chi connectivity index (χ4n) is 3.52. The summed E-state index contributed by atoms with van der Waals surface area (Å²) in [4.78, 5) is 24.2. The zero-order valence-corrected chi connectivity index (χ0v) is 15.3. The van der Waals surface area contributed by atoms with Crippen LogP contribution in [-0.2, 0) is 4.74 Å². The van der Waals surface area contributed by atoms with Gasteiger partial charge in [-0.15, -0.1) is 0 Å². The Bertz CT molecular complexity index is 1170. The predicted molar refractivity (Wildman–Crippen MR) is 101 cm³/mol. The number of carboxylic acid groups (broad SMARTS) is 1. The van der Waals surface area contributed by atoms with Crippen molar-refractivity contribution in [3.8, 4) is 5.75 Å². The molecule has 2 heterocycles. The van der Waals surface area contributed by atoms with E-state index in [0.717, 1.165) is 0 Å². The molecule has 0 radical (unpaired) electrons. The Morgan fingerprint density at radius 1 is 1.03 bits per heavy atom. The summed E-state index contributed by atoms with van der Waals surface area (Å²) >= 11 is 0. The van der Waals surface area contributed by atoms with Gasteiger partial charge >= 0.3 is 11.6 Å². The van der Waals surface area contributed by atoms with Crippen LogP contribution in [0.3, 0.4) is 0 Å². The van der Waals surface area contributed by atoms with E-state index in [0.29, 0.717) is 5.39 Å². The molecular formula is C20H18O10. The summed E-state index contributed by atoms with van der Waals surface area (Å²) in [5.74, 6) is -1.43. The quantitative estimate of drug-likeness (QED) is 0.283. The van der Waals surface area contributed by atoms with Crippen molar-refractivity contribution in [3.05, 3.63) is 52.4 Å². The van der Waals surface area contributed by atoms with Gasteiger partial charge in [0, 0.05) is 16.8 Å². The number of carbonyl (C=O) groups is 1. The molecule has 30 heavy (non-hydrogen) atoms. The normalized spacial score (nSPS) is 26.7. The molecule has 1 fully saturated rings. The molecule has 4 rings (SSSR count). The minimum absolute atomic E-state index is 0.0572. The second-order valence-corrected chi connectivity index (χ2v) is 6.90. The van der Waals surface area contributed by atoms with Crippen LogP contribution in [0.2, 0.25) is 0 Å². The van der Waals surface area contributed by atoms with Crippen LogP contribution in [0, 0.1) is 0 Å². The van der Waals surface area contributed by atoms with Crippen molar-refractivity contribution in [3.63, 3.8) is 0 Å². The monoisotopic (exact) mass is 418 g/mol. The molecule has 0 unspecified atom stereocenters. The van der Waals surface area contributed by atoms with Gasteiger partial charge in [-0.1, -0.05) is 18.2 Å². The van der Waals surface area contributed by atoms with E-state index in [-0.39, 0.29) is 27.7 Å². The molecule has 0 spiro atoms. The number of fused-ring (bicyclic) bond motifs is 3. The molecule has 1 aromatic heterocycles. The highest BCUT2D eigenvalue weighted by molar-refractivity contribution is 6.14. The Kier molecular flexibility index (Phi) is 5.18. The fourth-order valence-corrected chi connectivity index (χ4v) is 3.52. The molecule has 158 valence electrons. The van der Waals surface area contributed by atoms with Crippen molar-refractivity contribution in [1.82, 2.24) is 0 Å². The number of ether oxygens (including phenoxy) is 2. The van der Waals surface area contributed by atoms with Crippen molar-refractivity contribution >= 4 is 27.7 Å². The van der Waals surface area contributed by atoms with E-state index in [2.05, 4.69) is 0 Å². The summed E-state index contributed by atoms with van der Waals surface area (Å²) in [5.41, 5.74) is -0.940. The summed E-state index contributed by atoms with van der Waals surface area (Å²) < 4.78 is 16.0. The maximum atomic E-state index is 12.3. The highest BCUT2D eigenvalue weighted by atomic mass is 16.7. The van der Waals surface area contributed by atoms with Crippen molar-refractivity contribution in [2.24, 2.45) is 0 Å². The molecule has 1 saturated heterocycles. The Balaban J connectivity index is 1.82. The molecule has 0 amide bonds. The first-order valence-electron chi connectivity index (χ1n) is 9.02. The van der Waals surface area contributed by atoms with Gasteiger partial charge in [-0.2, -0.15) is 0 Å². The lowest BCUT2D eigenvalue weighted by molar-refractivity contribution is -0.277. The molecule has 10 nitrogen and oxygen atoms in total. The van der Waals surface area contributed by atoms with E-state index < -0.39 is 48.9 Å². The second-order valence-electron chi connectivity index (χ2n) is 6.90. The zero-order valence-electron chi connectivity index (χ0n) is 15.3. The topological polar surface area (TPSA) is 167 Å². The summed E-state index contributed by atoms with van der Waals surface area (Å²) in [6.07, 6.45) is -7.64. The molecule has 5 atom stereocenters. The number of benzene rings is 2. The molecule has 3 aromatic rings. The molecule has 10 heteroatoms. The molecule has 0 bridgehead atoms. The Morgan fingerprint density at radius 2 is 1.73 bits per heavy atom. The highest BCUT2D eigenvalue weighted by Crippen LogP contribution is 2.32. The summed E-state index contributed by atoms with van der Waals surface area (Å²) in [6, 6.07) is 8.83. The Hall–Kier alpha value is -3.02. The van der Waals surface area contributed by atoms with Crippen LogP contribution in [0.25, 0.3) is 21.7 Å². The van der Waals surface area contributed by atoms with Gasteiger partial charge < -0.3 is 39.4 Å². The third-order valence-electron chi connectivity index (χ3n) is 5.03. The van der Waals surface area contributed by atoms with Crippen LogP contribution in [0.5, 0.6) is 5.75 Å². The standard InChI is InChI=1S/C20H18O10/c21-7-13-15(22)16(23)17(24)20(30-13)28-8-5-11(18(25)26)14-9-3-1-2-4-10(9)19(27)29-12(14)6-8/h1-6,13,15-17,20-24H,7H2,(H,25,26)/t13-,15-,16+,17-,20-/m1/s1. The van der Waals surface area contributed by atoms with Crippen LogP contribution in [0.4, 0.5) is 0 Å². The highest BCUT2D eigenvalue weighted by Gasteiger charge is 2.44. The lowest BCUT2D eigenvalue weighted by Crippen LogP contribution is -2.60. The predicted octanol–water partition coefficient (Wildman–Crippen LogP) is -0.177. The van der Waals surface area contributed by atoms with Gasteiger partial charge in [-0.3, -0.25) is 0 Å². The minimum Gasteiger partial charge on any atom is -0.478 e. The largest absolute Gasteiger partial charge is 0.478 e. The zero-order chi connectivity index (χ0) is 21.6. The summed E-state index contributed by atoms with van der Waals surface area (Å²) in [7, 11) is 0. The lowest BCUT2D eigenvalue weighted by Gasteiger charge is -2.39. The first-order chi connectivity index (χ1) is 14.3. The molecular weight excluding hydrogens is 400 g/mol. The van der Waals surface area contributed by atoms with E-state index in [4.69, 9.17) is 13.9 Å². The Morgan fingerprint density at radius 3 is 2.40 bits per heavy atom. The summed E-state index contributed by atoms with van der Waals surface area (Å²) in [5, 5.41) is 49.6. The third kappa shape index (κ3) is 3.30.